The molecule has 2 heterocycles. The summed E-state index contributed by atoms with van der Waals surface area (Å²) in [5, 5.41) is 6.59. The molecule has 24 heavy (non-hydrogen) atoms. The van der Waals surface area contributed by atoms with E-state index in [-0.39, 0.29) is 12.1 Å². The van der Waals surface area contributed by atoms with Crippen molar-refractivity contribution in [1.29, 1.82) is 0 Å². The summed E-state index contributed by atoms with van der Waals surface area (Å²) in [5.41, 5.74) is 0.722. The molecular weight excluding hydrogens is 306 g/mol. The summed E-state index contributed by atoms with van der Waals surface area (Å²) in [6.45, 7) is 7.63. The highest BCUT2D eigenvalue weighted by Gasteiger charge is 2.34. The van der Waals surface area contributed by atoms with Crippen molar-refractivity contribution in [1.82, 2.24) is 20.5 Å². The average molecular weight is 333 g/mol. The Morgan fingerprint density at radius 1 is 1.46 bits per heavy atom. The van der Waals surface area contributed by atoms with Crippen LogP contribution in [0.3, 0.4) is 0 Å². The van der Waals surface area contributed by atoms with Gasteiger partial charge >= 0.3 is 6.09 Å². The summed E-state index contributed by atoms with van der Waals surface area (Å²) in [4.78, 5) is 21.9. The number of hydrogen-bond acceptors (Lipinski definition) is 4. The largest absolute Gasteiger partial charge is 0.444 e. The number of pyridine rings is 1. The van der Waals surface area contributed by atoms with Crippen LogP contribution < -0.4 is 10.6 Å². The third-order valence-electron chi connectivity index (χ3n) is 3.53. The van der Waals surface area contributed by atoms with Gasteiger partial charge in [0.05, 0.1) is 6.04 Å². The highest BCUT2D eigenvalue weighted by molar-refractivity contribution is 5.80. The number of aromatic nitrogens is 1. The van der Waals surface area contributed by atoms with Crippen LogP contribution in [0.2, 0.25) is 0 Å². The van der Waals surface area contributed by atoms with Crippen molar-refractivity contribution in [3.8, 4) is 0 Å². The smallest absolute Gasteiger partial charge is 0.410 e. The molecule has 0 atom stereocenters. The van der Waals surface area contributed by atoms with Gasteiger partial charge < -0.3 is 20.3 Å². The lowest BCUT2D eigenvalue weighted by atomic mass is 10.1. The lowest BCUT2D eigenvalue weighted by molar-refractivity contribution is 0.00701. The van der Waals surface area contributed by atoms with Crippen LogP contribution in [0.25, 0.3) is 0 Å². The zero-order valence-electron chi connectivity index (χ0n) is 14.9. The predicted molar refractivity (Wildman–Crippen MR) is 94.0 cm³/mol. The fraction of sp³-hybridized carbons (Fsp3) is 0.588. The number of amides is 1. The zero-order chi connectivity index (χ0) is 17.6. The van der Waals surface area contributed by atoms with Crippen molar-refractivity contribution in [2.75, 3.05) is 26.7 Å². The van der Waals surface area contributed by atoms with Gasteiger partial charge in [0, 0.05) is 39.1 Å². The van der Waals surface area contributed by atoms with Gasteiger partial charge in [-0.2, -0.15) is 0 Å². The van der Waals surface area contributed by atoms with Crippen LogP contribution in [0.5, 0.6) is 0 Å². The molecular formula is C17H27N5O2. The number of nitrogens with one attached hydrogen (secondary N) is 2. The minimum absolute atomic E-state index is 0.196. The summed E-state index contributed by atoms with van der Waals surface area (Å²) in [6, 6.07) is 4.18. The number of guanidine groups is 1. The Balaban J connectivity index is 1.67. The molecule has 1 aromatic rings. The van der Waals surface area contributed by atoms with Crippen molar-refractivity contribution in [2.24, 2.45) is 4.99 Å². The van der Waals surface area contributed by atoms with Crippen LogP contribution in [-0.4, -0.2) is 60.3 Å². The van der Waals surface area contributed by atoms with E-state index in [9.17, 15) is 4.79 Å². The van der Waals surface area contributed by atoms with Gasteiger partial charge in [0.2, 0.25) is 0 Å². The van der Waals surface area contributed by atoms with E-state index in [1.165, 1.54) is 5.56 Å². The van der Waals surface area contributed by atoms with E-state index in [1.54, 1.807) is 18.1 Å². The number of ether oxygens (including phenoxy) is 1. The maximum absolute atomic E-state index is 11.9. The number of likely N-dealkylation sites (tertiary alicyclic amines) is 1. The summed E-state index contributed by atoms with van der Waals surface area (Å²) >= 11 is 0. The van der Waals surface area contributed by atoms with E-state index in [1.807, 2.05) is 33.0 Å². The molecule has 132 valence electrons. The van der Waals surface area contributed by atoms with Crippen LogP contribution in [0.4, 0.5) is 4.79 Å². The van der Waals surface area contributed by atoms with Gasteiger partial charge in [0.1, 0.15) is 5.60 Å². The number of carbonyl (C=O) groups excluding carboxylic acids is 1. The predicted octanol–water partition coefficient (Wildman–Crippen LogP) is 1.41. The van der Waals surface area contributed by atoms with Gasteiger partial charge in [-0.05, 0) is 38.8 Å². The second-order valence-corrected chi connectivity index (χ2v) is 6.84. The molecule has 0 aliphatic carbocycles. The van der Waals surface area contributed by atoms with E-state index < -0.39 is 5.60 Å². The van der Waals surface area contributed by atoms with Gasteiger partial charge in [-0.25, -0.2) is 4.79 Å². The second kappa shape index (κ2) is 7.99. The Bertz CT molecular complexity index is 562. The second-order valence-electron chi connectivity index (χ2n) is 6.84. The first-order chi connectivity index (χ1) is 11.4. The Morgan fingerprint density at radius 2 is 2.21 bits per heavy atom. The molecule has 1 saturated heterocycles. The van der Waals surface area contributed by atoms with Gasteiger partial charge in [-0.1, -0.05) is 6.07 Å². The number of nitrogens with zero attached hydrogens (tertiary/aromatic N) is 3. The maximum atomic E-state index is 11.9. The Morgan fingerprint density at radius 3 is 2.79 bits per heavy atom. The van der Waals surface area contributed by atoms with E-state index in [0.29, 0.717) is 13.1 Å². The Hall–Kier alpha value is -2.31. The van der Waals surface area contributed by atoms with Gasteiger partial charge in [-0.3, -0.25) is 9.98 Å². The zero-order valence-corrected chi connectivity index (χ0v) is 14.9. The topological polar surface area (TPSA) is 78.9 Å². The maximum Gasteiger partial charge on any atom is 0.410 e. The highest BCUT2D eigenvalue weighted by Crippen LogP contribution is 2.15. The van der Waals surface area contributed by atoms with Crippen molar-refractivity contribution in [3.63, 3.8) is 0 Å². The first-order valence-corrected chi connectivity index (χ1v) is 8.21. The number of rotatable bonds is 4. The fourth-order valence-corrected chi connectivity index (χ4v) is 2.30. The quantitative estimate of drug-likeness (QED) is 0.643. The Labute approximate surface area is 143 Å². The first-order valence-electron chi connectivity index (χ1n) is 8.21. The van der Waals surface area contributed by atoms with E-state index >= 15 is 0 Å². The van der Waals surface area contributed by atoms with Crippen LogP contribution in [0.1, 0.15) is 26.3 Å². The molecule has 1 aromatic heterocycles. The molecule has 1 fully saturated rings. The van der Waals surface area contributed by atoms with Gasteiger partial charge in [0.15, 0.2) is 5.96 Å². The lowest BCUT2D eigenvalue weighted by Gasteiger charge is -2.40. The highest BCUT2D eigenvalue weighted by atomic mass is 16.6. The summed E-state index contributed by atoms with van der Waals surface area (Å²) in [7, 11) is 1.74. The third kappa shape index (κ3) is 5.72. The standard InChI is InChI=1S/C17H27N5O2/c1-17(2,3)24-16(23)22-11-14(12-22)21-15(18-4)20-9-7-13-6-5-8-19-10-13/h5-6,8,10,14H,7,9,11-12H2,1-4H3,(H2,18,20,21). The van der Waals surface area contributed by atoms with Crippen LogP contribution in [0.15, 0.2) is 29.5 Å². The molecule has 2 N–H and O–H groups in total. The molecule has 2 rings (SSSR count). The monoisotopic (exact) mass is 333 g/mol. The summed E-state index contributed by atoms with van der Waals surface area (Å²) in [6.07, 6.45) is 4.25. The molecule has 0 aromatic carbocycles. The van der Waals surface area contributed by atoms with Gasteiger partial charge in [0.25, 0.3) is 0 Å². The molecule has 7 nitrogen and oxygen atoms in total. The van der Waals surface area contributed by atoms with E-state index in [4.69, 9.17) is 4.74 Å². The fourth-order valence-electron chi connectivity index (χ4n) is 2.30. The third-order valence-corrected chi connectivity index (χ3v) is 3.53. The number of aliphatic imine (C=N–C) groups is 1. The minimum atomic E-state index is -0.459. The number of carbonyl (C=O) groups is 1. The van der Waals surface area contributed by atoms with Crippen LogP contribution >= 0.6 is 0 Å². The molecule has 0 unspecified atom stereocenters. The molecule has 0 radical (unpaired) electrons. The molecule has 0 spiro atoms. The molecule has 1 amide bonds. The molecule has 0 saturated carbocycles. The summed E-state index contributed by atoms with van der Waals surface area (Å²) in [5.74, 6) is 0.743. The van der Waals surface area contributed by atoms with Crippen molar-refractivity contribution >= 4 is 12.1 Å². The lowest BCUT2D eigenvalue weighted by Crippen LogP contribution is -2.63. The van der Waals surface area contributed by atoms with E-state index in [2.05, 4.69) is 26.7 Å². The van der Waals surface area contributed by atoms with Gasteiger partial charge in [-0.15, -0.1) is 0 Å². The number of hydrogen-bond donors (Lipinski definition) is 2. The molecule has 7 heteroatoms. The van der Waals surface area contributed by atoms with Crippen molar-refractivity contribution in [2.45, 2.75) is 38.8 Å². The first kappa shape index (κ1) is 18.0. The van der Waals surface area contributed by atoms with Crippen LogP contribution in [0, 0.1) is 0 Å². The van der Waals surface area contributed by atoms with Crippen molar-refractivity contribution in [3.05, 3.63) is 30.1 Å². The molecule has 0 bridgehead atoms. The van der Waals surface area contributed by atoms with Crippen LogP contribution in [-0.2, 0) is 11.2 Å². The SMILES string of the molecule is CN=C(NCCc1cccnc1)NC1CN(C(=O)OC(C)(C)C)C1. The molecule has 1 aliphatic heterocycles. The minimum Gasteiger partial charge on any atom is -0.444 e. The Kier molecular flexibility index (Phi) is 6.00. The van der Waals surface area contributed by atoms with E-state index in [0.717, 1.165) is 18.9 Å². The average Bonchev–Trinajstić information content (AvgIpc) is 2.47. The molecule has 1 aliphatic rings. The normalized spacial score (nSPS) is 15.7. The van der Waals surface area contributed by atoms with Crippen molar-refractivity contribution < 1.29 is 9.53 Å². The summed E-state index contributed by atoms with van der Waals surface area (Å²) < 4.78 is 5.34.